The first kappa shape index (κ1) is 47.8. The maximum Gasteiger partial charge on any atom is 1.00 e. The Morgan fingerprint density at radius 3 is 1.48 bits per heavy atom. The number of likely N-dealkylation sites (tertiary alicyclic amines) is 2. The van der Waals surface area contributed by atoms with Crippen LogP contribution in [0.4, 0.5) is 0 Å². The van der Waals surface area contributed by atoms with Crippen molar-refractivity contribution in [2.45, 2.75) is 72.4 Å². The van der Waals surface area contributed by atoms with Crippen LogP contribution in [0.1, 0.15) is 90.5 Å². The van der Waals surface area contributed by atoms with Gasteiger partial charge >= 0.3 is 59.1 Å². The normalized spacial score (nSPS) is 16.3. The van der Waals surface area contributed by atoms with Crippen LogP contribution in [0.15, 0.2) is 96.1 Å². The van der Waals surface area contributed by atoms with Crippen LogP contribution < -0.4 is 78.8 Å². The molecule has 10 nitrogen and oxygen atoms in total. The van der Waals surface area contributed by atoms with Crippen LogP contribution >= 0.6 is 0 Å². The van der Waals surface area contributed by atoms with Gasteiger partial charge in [-0.05, 0) is 101 Å². The number of fused-ring (bicyclic) bond motifs is 4. The zero-order valence-electron chi connectivity index (χ0n) is 35.4. The van der Waals surface area contributed by atoms with Crippen molar-refractivity contribution in [3.63, 3.8) is 0 Å². The maximum absolute atomic E-state index is 11.4. The summed E-state index contributed by atoms with van der Waals surface area (Å²) in [5, 5.41) is 41.4. The topological polar surface area (TPSA) is 146 Å². The molecule has 2 N–H and O–H groups in total. The van der Waals surface area contributed by atoms with Crippen LogP contribution in [-0.2, 0) is 36.0 Å². The third kappa shape index (κ3) is 11.2. The maximum atomic E-state index is 11.4. The molecule has 0 aliphatic carbocycles. The first-order chi connectivity index (χ1) is 28.0. The van der Waals surface area contributed by atoms with Gasteiger partial charge in [0.1, 0.15) is 24.7 Å². The van der Waals surface area contributed by atoms with E-state index in [-0.39, 0.29) is 78.7 Å². The number of rotatable bonds is 8. The van der Waals surface area contributed by atoms with Gasteiger partial charge in [0.25, 0.3) is 0 Å². The molecule has 4 aromatic rings. The van der Waals surface area contributed by atoms with Gasteiger partial charge < -0.3 is 49.3 Å². The number of aliphatic carboxylic acids is 2. The predicted molar refractivity (Wildman–Crippen MR) is 218 cm³/mol. The van der Waals surface area contributed by atoms with E-state index in [9.17, 15) is 30.0 Å². The zero-order valence-corrected chi connectivity index (χ0v) is 39.4. The summed E-state index contributed by atoms with van der Waals surface area (Å²) in [4.78, 5) is 26.5. The number of hydrogen-bond donors (Lipinski definition) is 2. The molecule has 0 spiro atoms. The molecule has 2 saturated heterocycles. The number of carboxylic acids is 2. The number of aliphatic hydroxyl groups is 2. The summed E-state index contributed by atoms with van der Waals surface area (Å²) in [6.45, 7) is 8.80. The van der Waals surface area contributed by atoms with E-state index in [4.69, 9.17) is 9.47 Å². The zero-order chi connectivity index (χ0) is 40.8. The molecule has 4 aromatic carbocycles. The second-order valence-electron chi connectivity index (χ2n) is 16.2. The Hall–Kier alpha value is -3.26. The molecular weight excluding hydrogens is 779 g/mol. The Morgan fingerprint density at radius 2 is 1.07 bits per heavy atom. The van der Waals surface area contributed by atoms with Crippen LogP contribution in [0.2, 0.25) is 0 Å². The van der Waals surface area contributed by atoms with Crippen molar-refractivity contribution >= 4 is 23.1 Å². The van der Waals surface area contributed by atoms with E-state index >= 15 is 0 Å². The van der Waals surface area contributed by atoms with Crippen LogP contribution in [0.5, 0.6) is 11.5 Å². The van der Waals surface area contributed by atoms with Gasteiger partial charge in [0.2, 0.25) is 0 Å². The van der Waals surface area contributed by atoms with Crippen LogP contribution in [0.3, 0.4) is 0 Å². The molecule has 0 saturated carbocycles. The fourth-order valence-corrected chi connectivity index (χ4v) is 8.54. The van der Waals surface area contributed by atoms with Crippen molar-refractivity contribution in [1.82, 2.24) is 9.80 Å². The summed E-state index contributed by atoms with van der Waals surface area (Å²) >= 11 is 0. The second kappa shape index (κ2) is 21.7. The Morgan fingerprint density at radius 1 is 0.633 bits per heavy atom. The number of carboxylic acid groups (broad SMARTS) is 2. The molecule has 0 atom stereocenters. The minimum atomic E-state index is -1.01. The third-order valence-electron chi connectivity index (χ3n) is 11.8. The molecular formula is C48H52N2Na2O8. The van der Waals surface area contributed by atoms with E-state index in [1.54, 1.807) is 13.8 Å². The van der Waals surface area contributed by atoms with Gasteiger partial charge in [-0.25, -0.2) is 0 Å². The van der Waals surface area contributed by atoms with Gasteiger partial charge in [-0.2, -0.15) is 0 Å². The Balaban J connectivity index is 0.000000221. The van der Waals surface area contributed by atoms with Crippen molar-refractivity contribution in [1.29, 1.82) is 0 Å². The molecule has 0 radical (unpaired) electrons. The fraction of sp³-hybridized carbons (Fsp3) is 0.375. The van der Waals surface area contributed by atoms with E-state index < -0.39 is 17.4 Å². The summed E-state index contributed by atoms with van der Waals surface area (Å²) in [6, 6.07) is 28.4. The summed E-state index contributed by atoms with van der Waals surface area (Å²) in [6.07, 6.45) is 3.59. The molecule has 4 aliphatic rings. The van der Waals surface area contributed by atoms with Crippen LogP contribution in [0.25, 0.3) is 11.1 Å². The average molecular weight is 831 g/mol. The number of piperidine rings is 2. The van der Waals surface area contributed by atoms with Crippen molar-refractivity contribution in [2.24, 2.45) is 5.41 Å². The molecule has 8 rings (SSSR count). The first-order valence-corrected chi connectivity index (χ1v) is 20.2. The molecule has 304 valence electrons. The van der Waals surface area contributed by atoms with Crippen molar-refractivity contribution < 1.29 is 98.6 Å². The molecule has 0 aromatic heterocycles. The number of hydrogen-bond acceptors (Lipinski definition) is 10. The summed E-state index contributed by atoms with van der Waals surface area (Å²) < 4.78 is 12.2. The number of nitrogens with zero attached hydrogens (tertiary/aromatic N) is 2. The molecule has 60 heavy (non-hydrogen) atoms. The summed E-state index contributed by atoms with van der Waals surface area (Å²) in [7, 11) is 0. The van der Waals surface area contributed by atoms with E-state index in [0.717, 1.165) is 96.7 Å². The van der Waals surface area contributed by atoms with E-state index in [1.165, 1.54) is 33.4 Å². The summed E-state index contributed by atoms with van der Waals surface area (Å²) in [5.74, 6) is -0.321. The largest absolute Gasteiger partial charge is 1.00 e. The van der Waals surface area contributed by atoms with Gasteiger partial charge in [0, 0.05) is 67.7 Å². The molecule has 0 unspecified atom stereocenters. The van der Waals surface area contributed by atoms with E-state index in [2.05, 4.69) is 46.2 Å². The quantitative estimate of drug-likeness (QED) is 0.209. The predicted octanol–water partition coefficient (Wildman–Crippen LogP) is -1.14. The third-order valence-corrected chi connectivity index (χ3v) is 11.8. The fourth-order valence-electron chi connectivity index (χ4n) is 8.54. The molecule has 2 fully saturated rings. The van der Waals surface area contributed by atoms with Gasteiger partial charge in [0.15, 0.2) is 0 Å². The Kier molecular flexibility index (Phi) is 17.3. The summed E-state index contributed by atoms with van der Waals surface area (Å²) in [5.41, 5.74) is 12.7. The standard InChI is InChI=1S/C25H29NO4.C23H25NO4.2Na/c1-25(2,24(28)29)16-26-11-9-18(10-12-26)23-20-6-4-3-5-19(20)15-30-22-8-7-17(14-27)13-21(22)23;25-14-16-5-6-21-20(13-16)23(19-4-2-1-3-18(19)15-28-21)17-7-10-24(11-8-17)12-9-22(26)27;;/h3-8,13,27H,9-12,14-16H2,1-2H3,(H,28,29);1-6,13,25H,7-12,14-15H2,(H,26,27);;/q;;2*+1/p-2. The smallest absolute Gasteiger partial charge is 0.550 e. The number of aliphatic hydroxyl groups excluding tert-OH is 2. The second-order valence-corrected chi connectivity index (χ2v) is 16.2. The van der Waals surface area contributed by atoms with Gasteiger partial charge in [0.05, 0.1) is 13.2 Å². The van der Waals surface area contributed by atoms with E-state index in [1.807, 2.05) is 48.5 Å². The molecule has 4 aliphatic heterocycles. The van der Waals surface area contributed by atoms with Gasteiger partial charge in [-0.3, -0.25) is 0 Å². The minimum Gasteiger partial charge on any atom is -0.550 e. The minimum absolute atomic E-state index is 0. The van der Waals surface area contributed by atoms with E-state index in [0.29, 0.717) is 26.3 Å². The SMILES string of the molecule is CC(C)(CN1CCC(=C2c3ccccc3COc3ccc(CO)cc32)CC1)C(=O)[O-].O=C([O-])CCN1CCC(=C2c3ccccc3COc3ccc(CO)cc32)CC1.[Na+].[Na+]. The number of ether oxygens (including phenoxy) is 2. The molecule has 0 bridgehead atoms. The van der Waals surface area contributed by atoms with Gasteiger partial charge in [-0.15, -0.1) is 0 Å². The van der Waals surface area contributed by atoms with Crippen molar-refractivity contribution in [2.75, 3.05) is 39.3 Å². The van der Waals surface area contributed by atoms with Crippen molar-refractivity contribution in [3.8, 4) is 11.5 Å². The first-order valence-electron chi connectivity index (χ1n) is 20.2. The number of carbonyl (C=O) groups is 2. The van der Waals surface area contributed by atoms with Gasteiger partial charge in [-0.1, -0.05) is 85.7 Å². The molecule has 12 heteroatoms. The van der Waals surface area contributed by atoms with Crippen LogP contribution in [-0.4, -0.2) is 71.2 Å². The molecule has 0 amide bonds. The van der Waals surface area contributed by atoms with Crippen LogP contribution in [0, 0.1) is 5.41 Å². The monoisotopic (exact) mass is 830 g/mol. The average Bonchev–Trinajstić information content (AvgIpc) is 3.51. The Labute approximate surface area is 397 Å². The number of benzene rings is 4. The Bertz CT molecular complexity index is 2220. The number of carbonyl (C=O) groups excluding carboxylic acids is 2. The molecule has 4 heterocycles. The van der Waals surface area contributed by atoms with Crippen molar-refractivity contribution in [3.05, 3.63) is 141 Å².